The first-order chi connectivity index (χ1) is 17.6. The summed E-state index contributed by atoms with van der Waals surface area (Å²) in [7, 11) is -3.04. The Kier molecular flexibility index (Phi) is 8.77. The third-order valence-electron chi connectivity index (χ3n) is 5.96. The van der Waals surface area contributed by atoms with Crippen LogP contribution in [0.3, 0.4) is 0 Å². The minimum absolute atomic E-state index is 0.0506. The summed E-state index contributed by atoms with van der Waals surface area (Å²) in [6, 6.07) is 8.81. The summed E-state index contributed by atoms with van der Waals surface area (Å²) in [6.45, 7) is 5.49. The molecule has 0 aliphatic carbocycles. The van der Waals surface area contributed by atoms with E-state index in [1.165, 1.54) is 28.4 Å². The van der Waals surface area contributed by atoms with Crippen molar-refractivity contribution in [2.24, 2.45) is 0 Å². The van der Waals surface area contributed by atoms with Gasteiger partial charge in [0.05, 0.1) is 23.1 Å². The molecular formula is C26H31F3N2O6S. The van der Waals surface area contributed by atoms with Crippen molar-refractivity contribution in [2.45, 2.75) is 62.9 Å². The van der Waals surface area contributed by atoms with E-state index >= 15 is 0 Å². The summed E-state index contributed by atoms with van der Waals surface area (Å²) >= 11 is 0. The number of carbonyl (C=O) groups excluding carboxylic acids is 2. The molecule has 1 aliphatic rings. The first kappa shape index (κ1) is 29.4. The molecule has 1 fully saturated rings. The molecule has 0 unspecified atom stereocenters. The Balaban J connectivity index is 1.95. The van der Waals surface area contributed by atoms with Crippen molar-refractivity contribution < 1.29 is 40.7 Å². The van der Waals surface area contributed by atoms with Crippen LogP contribution in [0.2, 0.25) is 0 Å². The van der Waals surface area contributed by atoms with Crippen molar-refractivity contribution in [3.63, 3.8) is 0 Å². The molecule has 0 aromatic heterocycles. The Morgan fingerprint density at radius 2 is 1.63 bits per heavy atom. The van der Waals surface area contributed by atoms with Crippen LogP contribution in [0.4, 0.5) is 18.0 Å². The number of hydrogen-bond donors (Lipinski definition) is 0. The maximum absolute atomic E-state index is 13.8. The predicted molar refractivity (Wildman–Crippen MR) is 133 cm³/mol. The van der Waals surface area contributed by atoms with Crippen molar-refractivity contribution >= 4 is 22.1 Å². The van der Waals surface area contributed by atoms with E-state index in [2.05, 4.69) is 0 Å². The topological polar surface area (TPSA) is 93.2 Å². The molecule has 208 valence electrons. The van der Waals surface area contributed by atoms with Crippen LogP contribution in [0, 0.1) is 0 Å². The maximum atomic E-state index is 13.8. The number of rotatable bonds is 6. The van der Waals surface area contributed by atoms with Gasteiger partial charge in [0.15, 0.2) is 0 Å². The van der Waals surface area contributed by atoms with E-state index < -0.39 is 45.5 Å². The number of piperidine rings is 1. The van der Waals surface area contributed by atoms with E-state index in [4.69, 9.17) is 9.47 Å². The molecule has 1 heterocycles. The second kappa shape index (κ2) is 11.3. The number of methoxy groups -OCH3 is 1. The van der Waals surface area contributed by atoms with Crippen molar-refractivity contribution in [1.82, 2.24) is 9.21 Å². The highest BCUT2D eigenvalue weighted by Crippen LogP contribution is 2.32. The Morgan fingerprint density at radius 3 is 2.16 bits per heavy atom. The zero-order chi connectivity index (χ0) is 28.3. The SMILES string of the molecule is COC(=O)c1ccc(CN([C@H]2CCCN(C(=O)OC(C)(C)C)C2)S(=O)(=O)c2ccc(C(F)(F)F)cc2)cc1. The van der Waals surface area contributed by atoms with Crippen LogP contribution in [-0.2, 0) is 32.2 Å². The summed E-state index contributed by atoms with van der Waals surface area (Å²) in [5.41, 5.74) is -0.878. The van der Waals surface area contributed by atoms with Crippen LogP contribution in [0.15, 0.2) is 53.4 Å². The number of halogens is 3. The molecule has 3 rings (SSSR count). The van der Waals surface area contributed by atoms with E-state index in [-0.39, 0.29) is 23.5 Å². The molecule has 1 atom stereocenters. The fraction of sp³-hybridized carbons (Fsp3) is 0.462. The Morgan fingerprint density at radius 1 is 1.03 bits per heavy atom. The average molecular weight is 557 g/mol. The number of carbonyl (C=O) groups is 2. The highest BCUT2D eigenvalue weighted by Gasteiger charge is 2.37. The van der Waals surface area contributed by atoms with Gasteiger partial charge in [0.25, 0.3) is 0 Å². The van der Waals surface area contributed by atoms with Gasteiger partial charge in [0.1, 0.15) is 5.60 Å². The monoisotopic (exact) mass is 556 g/mol. The van der Waals surface area contributed by atoms with Crippen LogP contribution < -0.4 is 0 Å². The van der Waals surface area contributed by atoms with Gasteiger partial charge in [-0.25, -0.2) is 18.0 Å². The van der Waals surface area contributed by atoms with Crippen LogP contribution in [0.5, 0.6) is 0 Å². The number of benzene rings is 2. The molecule has 0 bridgehead atoms. The van der Waals surface area contributed by atoms with E-state index in [1.54, 1.807) is 32.9 Å². The molecule has 0 saturated carbocycles. The third-order valence-corrected chi connectivity index (χ3v) is 7.87. The molecule has 1 aliphatic heterocycles. The summed E-state index contributed by atoms with van der Waals surface area (Å²) < 4.78 is 78.0. The van der Waals surface area contributed by atoms with Gasteiger partial charge in [-0.3, -0.25) is 0 Å². The largest absolute Gasteiger partial charge is 0.465 e. The van der Waals surface area contributed by atoms with Crippen molar-refractivity contribution in [3.05, 3.63) is 65.2 Å². The Bertz CT molecular complexity index is 1240. The highest BCUT2D eigenvalue weighted by atomic mass is 32.2. The smallest absolute Gasteiger partial charge is 0.416 e. The van der Waals surface area contributed by atoms with Crippen LogP contribution in [0.25, 0.3) is 0 Å². The molecule has 1 saturated heterocycles. The molecule has 0 radical (unpaired) electrons. The van der Waals surface area contributed by atoms with Crippen molar-refractivity contribution in [3.8, 4) is 0 Å². The predicted octanol–water partition coefficient (Wildman–Crippen LogP) is 5.08. The number of alkyl halides is 3. The quantitative estimate of drug-likeness (QED) is 0.461. The van der Waals surface area contributed by atoms with Gasteiger partial charge in [-0.2, -0.15) is 17.5 Å². The van der Waals surface area contributed by atoms with Crippen molar-refractivity contribution in [2.75, 3.05) is 20.2 Å². The summed E-state index contributed by atoms with van der Waals surface area (Å²) in [4.78, 5) is 25.6. The number of ether oxygens (including phenoxy) is 2. The second-order valence-electron chi connectivity index (χ2n) is 9.98. The van der Waals surface area contributed by atoms with Crippen LogP contribution in [-0.4, -0.2) is 61.5 Å². The molecule has 1 amide bonds. The lowest BCUT2D eigenvalue weighted by Crippen LogP contribution is -2.52. The zero-order valence-electron chi connectivity index (χ0n) is 21.6. The Hall–Kier alpha value is -3.12. The zero-order valence-corrected chi connectivity index (χ0v) is 22.4. The summed E-state index contributed by atoms with van der Waals surface area (Å²) in [6.07, 6.45) is -4.25. The average Bonchev–Trinajstić information content (AvgIpc) is 2.85. The third kappa shape index (κ3) is 7.25. The lowest BCUT2D eigenvalue weighted by molar-refractivity contribution is -0.137. The number of likely N-dealkylation sites (tertiary alicyclic amines) is 1. The lowest BCUT2D eigenvalue weighted by atomic mass is 10.1. The molecule has 2 aromatic rings. The first-order valence-electron chi connectivity index (χ1n) is 12.0. The molecular weight excluding hydrogens is 525 g/mol. The van der Waals surface area contributed by atoms with Gasteiger partial charge in [0.2, 0.25) is 10.0 Å². The first-order valence-corrected chi connectivity index (χ1v) is 13.4. The molecule has 0 N–H and O–H groups in total. The fourth-order valence-corrected chi connectivity index (χ4v) is 5.72. The number of nitrogens with zero attached hydrogens (tertiary/aromatic N) is 2. The van der Waals surface area contributed by atoms with E-state index in [9.17, 15) is 31.2 Å². The van der Waals surface area contributed by atoms with Gasteiger partial charge >= 0.3 is 18.2 Å². The van der Waals surface area contributed by atoms with Gasteiger partial charge < -0.3 is 14.4 Å². The van der Waals surface area contributed by atoms with Gasteiger partial charge in [-0.15, -0.1) is 0 Å². The molecule has 8 nitrogen and oxygen atoms in total. The molecule has 2 aromatic carbocycles. The van der Waals surface area contributed by atoms with Crippen LogP contribution >= 0.6 is 0 Å². The second-order valence-corrected chi connectivity index (χ2v) is 11.9. The number of sulfonamides is 1. The lowest BCUT2D eigenvalue weighted by Gasteiger charge is -2.39. The molecule has 0 spiro atoms. The summed E-state index contributed by atoms with van der Waals surface area (Å²) in [5.74, 6) is -0.550. The number of hydrogen-bond acceptors (Lipinski definition) is 6. The molecule has 12 heteroatoms. The minimum atomic E-state index is -4.61. The maximum Gasteiger partial charge on any atom is 0.416 e. The highest BCUT2D eigenvalue weighted by molar-refractivity contribution is 7.89. The Labute approximate surface area is 220 Å². The minimum Gasteiger partial charge on any atom is -0.465 e. The molecule has 38 heavy (non-hydrogen) atoms. The number of amides is 1. The normalized spacial score (nSPS) is 16.8. The van der Waals surface area contributed by atoms with E-state index in [0.29, 0.717) is 24.9 Å². The standard InChI is InChI=1S/C26H31F3N2O6S/c1-25(2,3)37-24(33)30-15-5-6-21(17-30)31(16-18-7-9-19(10-8-18)23(32)36-4)38(34,35)22-13-11-20(12-14-22)26(27,28)29/h7-14,21H,5-6,15-17H2,1-4H3/t21-/m0/s1. The fourth-order valence-electron chi connectivity index (χ4n) is 4.09. The summed E-state index contributed by atoms with van der Waals surface area (Å²) in [5, 5.41) is 0. The van der Waals surface area contributed by atoms with E-state index in [1.807, 2.05) is 0 Å². The number of esters is 1. The van der Waals surface area contributed by atoms with Crippen molar-refractivity contribution in [1.29, 1.82) is 0 Å². The van der Waals surface area contributed by atoms with Crippen LogP contribution in [0.1, 0.15) is 55.1 Å². The van der Waals surface area contributed by atoms with Gasteiger partial charge in [-0.1, -0.05) is 12.1 Å². The van der Waals surface area contributed by atoms with E-state index in [0.717, 1.165) is 24.3 Å². The van der Waals surface area contributed by atoms with Gasteiger partial charge in [-0.05, 0) is 75.6 Å². The van der Waals surface area contributed by atoms with Gasteiger partial charge in [0, 0.05) is 25.7 Å².